The molecule has 92 valence electrons. The highest BCUT2D eigenvalue weighted by atomic mass is 16.5. The van der Waals surface area contributed by atoms with Crippen LogP contribution in [0.1, 0.15) is 19.3 Å². The standard InChI is InChI=1S/C9H16N2O5/c1-16-4-2-3-8(13)11-6(9(14)15)5-7(10)12/h6H,2-5H2,1H3,(H2,10,12)(H,11,13)(H,14,15). The van der Waals surface area contributed by atoms with E-state index in [1.165, 1.54) is 7.11 Å². The summed E-state index contributed by atoms with van der Waals surface area (Å²) in [6.45, 7) is 0.418. The SMILES string of the molecule is COCCCC(=O)NC(CC(N)=O)C(=O)O. The summed E-state index contributed by atoms with van der Waals surface area (Å²) in [5, 5.41) is 10.9. The summed E-state index contributed by atoms with van der Waals surface area (Å²) < 4.78 is 4.74. The van der Waals surface area contributed by atoms with E-state index in [2.05, 4.69) is 5.32 Å². The van der Waals surface area contributed by atoms with Crippen LogP contribution in [0, 0.1) is 0 Å². The van der Waals surface area contributed by atoms with E-state index in [4.69, 9.17) is 15.6 Å². The fraction of sp³-hybridized carbons (Fsp3) is 0.667. The van der Waals surface area contributed by atoms with E-state index < -0.39 is 30.2 Å². The minimum atomic E-state index is -1.28. The Morgan fingerprint density at radius 1 is 1.44 bits per heavy atom. The Hall–Kier alpha value is -1.63. The van der Waals surface area contributed by atoms with Crippen molar-refractivity contribution in [3.8, 4) is 0 Å². The number of primary amides is 1. The van der Waals surface area contributed by atoms with Crippen molar-refractivity contribution in [2.24, 2.45) is 5.73 Å². The van der Waals surface area contributed by atoms with E-state index in [1.807, 2.05) is 0 Å². The van der Waals surface area contributed by atoms with Gasteiger partial charge in [-0.05, 0) is 6.42 Å². The van der Waals surface area contributed by atoms with Crippen molar-refractivity contribution in [2.75, 3.05) is 13.7 Å². The van der Waals surface area contributed by atoms with Crippen molar-refractivity contribution in [2.45, 2.75) is 25.3 Å². The zero-order valence-corrected chi connectivity index (χ0v) is 9.06. The van der Waals surface area contributed by atoms with Gasteiger partial charge < -0.3 is 20.9 Å². The third kappa shape index (κ3) is 6.77. The van der Waals surface area contributed by atoms with Crippen LogP contribution in [0.4, 0.5) is 0 Å². The first-order valence-electron chi connectivity index (χ1n) is 4.76. The lowest BCUT2D eigenvalue weighted by Crippen LogP contribution is -2.43. The maximum absolute atomic E-state index is 11.2. The first-order chi connectivity index (χ1) is 7.47. The molecule has 0 spiro atoms. The lowest BCUT2D eigenvalue weighted by Gasteiger charge is -2.12. The van der Waals surface area contributed by atoms with Gasteiger partial charge in [-0.15, -0.1) is 0 Å². The van der Waals surface area contributed by atoms with Gasteiger partial charge in [0.25, 0.3) is 0 Å². The van der Waals surface area contributed by atoms with Gasteiger partial charge in [0.1, 0.15) is 6.04 Å². The van der Waals surface area contributed by atoms with Gasteiger partial charge in [0.05, 0.1) is 6.42 Å². The Labute approximate surface area is 92.9 Å². The lowest BCUT2D eigenvalue weighted by molar-refractivity contribution is -0.143. The number of methoxy groups -OCH3 is 1. The van der Waals surface area contributed by atoms with E-state index in [0.29, 0.717) is 13.0 Å². The maximum atomic E-state index is 11.2. The van der Waals surface area contributed by atoms with E-state index in [1.54, 1.807) is 0 Å². The molecule has 0 aliphatic heterocycles. The highest BCUT2D eigenvalue weighted by Crippen LogP contribution is 1.95. The Kier molecular flexibility index (Phi) is 6.86. The predicted molar refractivity (Wildman–Crippen MR) is 54.5 cm³/mol. The summed E-state index contributed by atoms with van der Waals surface area (Å²) in [5.41, 5.74) is 4.85. The molecule has 4 N–H and O–H groups in total. The van der Waals surface area contributed by atoms with Gasteiger partial charge >= 0.3 is 5.97 Å². The molecule has 0 rings (SSSR count). The first-order valence-corrected chi connectivity index (χ1v) is 4.76. The van der Waals surface area contributed by atoms with Gasteiger partial charge in [0, 0.05) is 20.1 Å². The zero-order chi connectivity index (χ0) is 12.6. The van der Waals surface area contributed by atoms with Crippen LogP contribution < -0.4 is 11.1 Å². The molecule has 0 aromatic heterocycles. The summed E-state index contributed by atoms with van der Waals surface area (Å²) in [4.78, 5) is 32.4. The molecular weight excluding hydrogens is 216 g/mol. The van der Waals surface area contributed by atoms with Crippen LogP contribution in [-0.4, -0.2) is 42.6 Å². The molecule has 0 aliphatic carbocycles. The molecule has 2 amide bonds. The van der Waals surface area contributed by atoms with Gasteiger partial charge in [-0.2, -0.15) is 0 Å². The molecule has 0 fully saturated rings. The van der Waals surface area contributed by atoms with Crippen LogP contribution in [0.2, 0.25) is 0 Å². The van der Waals surface area contributed by atoms with Crippen molar-refractivity contribution in [3.63, 3.8) is 0 Å². The van der Waals surface area contributed by atoms with Crippen LogP contribution in [0.15, 0.2) is 0 Å². The van der Waals surface area contributed by atoms with Crippen LogP contribution in [-0.2, 0) is 19.1 Å². The topological polar surface area (TPSA) is 119 Å². The van der Waals surface area contributed by atoms with Crippen LogP contribution in [0.5, 0.6) is 0 Å². The van der Waals surface area contributed by atoms with Crippen LogP contribution >= 0.6 is 0 Å². The fourth-order valence-electron chi connectivity index (χ4n) is 1.04. The normalized spacial score (nSPS) is 11.8. The average Bonchev–Trinajstić information content (AvgIpc) is 2.16. The zero-order valence-electron chi connectivity index (χ0n) is 9.06. The van der Waals surface area contributed by atoms with Gasteiger partial charge in [-0.1, -0.05) is 0 Å². The van der Waals surface area contributed by atoms with Gasteiger partial charge in [0.2, 0.25) is 11.8 Å². The molecule has 0 aromatic rings. The second kappa shape index (κ2) is 7.63. The predicted octanol–water partition coefficient (Wildman–Crippen LogP) is -1.14. The Bertz CT molecular complexity index is 267. The van der Waals surface area contributed by atoms with Crippen molar-refractivity contribution >= 4 is 17.8 Å². The number of carbonyl (C=O) groups is 3. The number of carbonyl (C=O) groups excluding carboxylic acids is 2. The number of hydrogen-bond acceptors (Lipinski definition) is 4. The molecule has 1 atom stereocenters. The molecule has 0 aliphatic rings. The largest absolute Gasteiger partial charge is 0.480 e. The third-order valence-electron chi connectivity index (χ3n) is 1.79. The molecule has 16 heavy (non-hydrogen) atoms. The monoisotopic (exact) mass is 232 g/mol. The maximum Gasteiger partial charge on any atom is 0.326 e. The minimum Gasteiger partial charge on any atom is -0.480 e. The average molecular weight is 232 g/mol. The summed E-state index contributed by atoms with van der Waals surface area (Å²) in [6, 6.07) is -1.26. The molecule has 7 nitrogen and oxygen atoms in total. The van der Waals surface area contributed by atoms with E-state index in [0.717, 1.165) is 0 Å². The number of carboxylic acid groups (broad SMARTS) is 1. The molecule has 0 aromatic carbocycles. The first kappa shape index (κ1) is 14.4. The van der Waals surface area contributed by atoms with Gasteiger partial charge in [-0.25, -0.2) is 4.79 Å². The molecule has 1 unspecified atom stereocenters. The second-order valence-electron chi connectivity index (χ2n) is 3.23. The van der Waals surface area contributed by atoms with Crippen molar-refractivity contribution in [1.82, 2.24) is 5.32 Å². The Morgan fingerprint density at radius 3 is 2.50 bits per heavy atom. The second-order valence-corrected chi connectivity index (χ2v) is 3.23. The third-order valence-corrected chi connectivity index (χ3v) is 1.79. The lowest BCUT2D eigenvalue weighted by atomic mass is 10.2. The molecule has 7 heteroatoms. The van der Waals surface area contributed by atoms with Crippen molar-refractivity contribution in [3.05, 3.63) is 0 Å². The number of amides is 2. The fourth-order valence-corrected chi connectivity index (χ4v) is 1.04. The number of aliphatic carboxylic acids is 1. The Balaban J connectivity index is 4.03. The van der Waals surface area contributed by atoms with Gasteiger partial charge in [0.15, 0.2) is 0 Å². The van der Waals surface area contributed by atoms with Crippen molar-refractivity contribution in [1.29, 1.82) is 0 Å². The number of carboxylic acids is 1. The number of ether oxygens (including phenoxy) is 1. The molecule has 0 heterocycles. The van der Waals surface area contributed by atoms with E-state index >= 15 is 0 Å². The molecule has 0 radical (unpaired) electrons. The molecule has 0 saturated heterocycles. The smallest absolute Gasteiger partial charge is 0.326 e. The highest BCUT2D eigenvalue weighted by Gasteiger charge is 2.21. The number of nitrogens with one attached hydrogen (secondary N) is 1. The van der Waals surface area contributed by atoms with Crippen LogP contribution in [0.3, 0.4) is 0 Å². The molecule has 0 saturated carbocycles. The minimum absolute atomic E-state index is 0.149. The quantitative estimate of drug-likeness (QED) is 0.457. The summed E-state index contributed by atoms with van der Waals surface area (Å²) in [6.07, 6.45) is 0.229. The highest BCUT2D eigenvalue weighted by molar-refractivity contribution is 5.88. The number of nitrogens with two attached hydrogens (primary N) is 1. The summed E-state index contributed by atoms with van der Waals surface area (Å²) in [7, 11) is 1.51. The van der Waals surface area contributed by atoms with Crippen molar-refractivity contribution < 1.29 is 24.2 Å². The van der Waals surface area contributed by atoms with Crippen LogP contribution in [0.25, 0.3) is 0 Å². The molecular formula is C9H16N2O5. The van der Waals surface area contributed by atoms with E-state index in [-0.39, 0.29) is 6.42 Å². The van der Waals surface area contributed by atoms with E-state index in [9.17, 15) is 14.4 Å². The number of rotatable bonds is 8. The summed E-state index contributed by atoms with van der Waals surface area (Å²) in [5.74, 6) is -2.49. The number of hydrogen-bond donors (Lipinski definition) is 3. The van der Waals surface area contributed by atoms with Gasteiger partial charge in [-0.3, -0.25) is 9.59 Å². The Morgan fingerprint density at radius 2 is 2.06 bits per heavy atom. The summed E-state index contributed by atoms with van der Waals surface area (Å²) >= 11 is 0. The molecule has 0 bridgehead atoms.